The molecular formula is C78H152O17P2. The summed E-state index contributed by atoms with van der Waals surface area (Å²) in [6.07, 6.45) is 55.3. The van der Waals surface area contributed by atoms with E-state index >= 15 is 0 Å². The van der Waals surface area contributed by atoms with Gasteiger partial charge in [0.05, 0.1) is 26.4 Å². The van der Waals surface area contributed by atoms with E-state index in [9.17, 15) is 43.2 Å². The number of phosphoric ester groups is 2. The third-order valence-electron chi connectivity index (χ3n) is 18.1. The van der Waals surface area contributed by atoms with E-state index in [0.717, 1.165) is 108 Å². The van der Waals surface area contributed by atoms with Gasteiger partial charge in [0.25, 0.3) is 0 Å². The summed E-state index contributed by atoms with van der Waals surface area (Å²) in [6.45, 7) is 11.9. The molecule has 0 bridgehead atoms. The Bertz CT molecular complexity index is 1890. The summed E-state index contributed by atoms with van der Waals surface area (Å²) < 4.78 is 68.6. The van der Waals surface area contributed by atoms with Gasteiger partial charge in [-0.05, 0) is 43.4 Å². The maximum Gasteiger partial charge on any atom is 0.472 e. The number of unbranched alkanes of at least 4 members (excludes halogenated alkanes) is 44. The first-order valence-electron chi connectivity index (χ1n) is 40.3. The number of rotatable bonds is 76. The SMILES string of the molecule is CCCCCCCCCCCCCCC(=O)OC[C@H](COP(=O)(O)OC[C@H](O)COP(=O)(O)OC[C@@H](COC(=O)CCCCCCCCCCCCCCC(C)C)OC(=O)CCCCCCCCCCCCCCCCC(C)C)OC(=O)CCCCCCCCCCCCC(C)C. The minimum atomic E-state index is -4.96. The minimum absolute atomic E-state index is 0.106. The van der Waals surface area contributed by atoms with Gasteiger partial charge in [-0.1, -0.05) is 350 Å². The standard InChI is InChI=1S/C78H152O17P2/c1-8-9-10-11-12-13-14-23-31-38-45-52-59-75(80)88-66-74(95-78(83)62-55-48-41-34-27-26-30-37-44-51-58-71(6)7)68-93-97(86,87)91-64-72(79)63-90-96(84,85)92-67-73(65-89-76(81)60-53-46-39-32-24-20-19-22-29-36-43-50-57-70(4)5)94-77(82)61-54-47-40-33-25-18-16-15-17-21-28-35-42-49-56-69(2)3/h69-74,79H,8-68H2,1-7H3,(H,84,85)(H,86,87)/t72-,73-,74-/m1/s1. The number of hydrogen-bond acceptors (Lipinski definition) is 15. The van der Waals surface area contributed by atoms with E-state index in [4.69, 9.17) is 37.0 Å². The molecule has 0 heterocycles. The Labute approximate surface area is 594 Å². The molecule has 0 radical (unpaired) electrons. The zero-order chi connectivity index (χ0) is 71.6. The zero-order valence-electron chi connectivity index (χ0n) is 63.5. The molecule has 0 spiro atoms. The third kappa shape index (κ3) is 72.2. The van der Waals surface area contributed by atoms with Crippen LogP contribution in [0.25, 0.3) is 0 Å². The molecule has 0 aromatic rings. The van der Waals surface area contributed by atoms with Crippen LogP contribution in [0.1, 0.15) is 402 Å². The van der Waals surface area contributed by atoms with E-state index in [0.29, 0.717) is 25.7 Å². The van der Waals surface area contributed by atoms with Crippen molar-refractivity contribution in [3.63, 3.8) is 0 Å². The average Bonchev–Trinajstić information content (AvgIpc) is 1.84. The lowest BCUT2D eigenvalue weighted by Crippen LogP contribution is -2.30. The van der Waals surface area contributed by atoms with E-state index in [1.54, 1.807) is 0 Å². The van der Waals surface area contributed by atoms with Gasteiger partial charge in [0, 0.05) is 25.7 Å². The van der Waals surface area contributed by atoms with Gasteiger partial charge in [-0.2, -0.15) is 0 Å². The molecular weight excluding hydrogens is 1270 g/mol. The fourth-order valence-corrected chi connectivity index (χ4v) is 13.5. The Morgan fingerprint density at radius 1 is 0.278 bits per heavy atom. The van der Waals surface area contributed by atoms with Gasteiger partial charge in [-0.3, -0.25) is 37.3 Å². The van der Waals surface area contributed by atoms with Gasteiger partial charge < -0.3 is 33.8 Å². The monoisotopic (exact) mass is 1420 g/mol. The fourth-order valence-electron chi connectivity index (χ4n) is 12.0. The van der Waals surface area contributed by atoms with E-state index < -0.39 is 97.5 Å². The predicted octanol–water partition coefficient (Wildman–Crippen LogP) is 23.0. The average molecular weight is 1420 g/mol. The summed E-state index contributed by atoms with van der Waals surface area (Å²) in [5.41, 5.74) is 0. The largest absolute Gasteiger partial charge is 0.472 e. The number of carbonyl (C=O) groups is 4. The van der Waals surface area contributed by atoms with Crippen LogP contribution in [-0.4, -0.2) is 96.7 Å². The molecule has 2 unspecified atom stereocenters. The van der Waals surface area contributed by atoms with Crippen LogP contribution in [-0.2, 0) is 65.4 Å². The van der Waals surface area contributed by atoms with E-state index in [1.807, 2.05) is 0 Å². The second kappa shape index (κ2) is 68.5. The molecule has 0 amide bonds. The van der Waals surface area contributed by atoms with Crippen LogP contribution in [0.5, 0.6) is 0 Å². The maximum atomic E-state index is 13.1. The second-order valence-corrected chi connectivity index (χ2v) is 32.4. The van der Waals surface area contributed by atoms with Crippen LogP contribution in [0, 0.1) is 17.8 Å². The zero-order valence-corrected chi connectivity index (χ0v) is 65.3. The van der Waals surface area contributed by atoms with Crippen molar-refractivity contribution in [2.75, 3.05) is 39.6 Å². The molecule has 17 nitrogen and oxygen atoms in total. The number of hydrogen-bond donors (Lipinski definition) is 3. The molecule has 0 rings (SSSR count). The molecule has 576 valence electrons. The molecule has 0 fully saturated rings. The van der Waals surface area contributed by atoms with Crippen molar-refractivity contribution < 1.29 is 80.2 Å². The predicted molar refractivity (Wildman–Crippen MR) is 395 cm³/mol. The fraction of sp³-hybridized carbons (Fsp3) is 0.949. The van der Waals surface area contributed by atoms with Crippen LogP contribution in [0.3, 0.4) is 0 Å². The number of esters is 4. The normalized spacial score (nSPS) is 14.0. The van der Waals surface area contributed by atoms with Gasteiger partial charge >= 0.3 is 39.5 Å². The third-order valence-corrected chi connectivity index (χ3v) is 20.0. The highest BCUT2D eigenvalue weighted by atomic mass is 31.2. The Balaban J connectivity index is 5.27. The van der Waals surface area contributed by atoms with Crippen molar-refractivity contribution in [1.82, 2.24) is 0 Å². The van der Waals surface area contributed by atoms with E-state index in [-0.39, 0.29) is 25.7 Å². The van der Waals surface area contributed by atoms with E-state index in [2.05, 4.69) is 48.5 Å². The van der Waals surface area contributed by atoms with Crippen molar-refractivity contribution >= 4 is 39.5 Å². The first kappa shape index (κ1) is 95.1. The van der Waals surface area contributed by atoms with Crippen LogP contribution in [0.4, 0.5) is 0 Å². The second-order valence-electron chi connectivity index (χ2n) is 29.5. The number of carbonyl (C=O) groups excluding carboxylic acids is 4. The molecule has 0 aliphatic carbocycles. The Hall–Kier alpha value is -1.94. The molecule has 5 atom stereocenters. The van der Waals surface area contributed by atoms with Gasteiger partial charge in [0.1, 0.15) is 19.3 Å². The van der Waals surface area contributed by atoms with Crippen molar-refractivity contribution in [3.05, 3.63) is 0 Å². The minimum Gasteiger partial charge on any atom is -0.462 e. The summed E-state index contributed by atoms with van der Waals surface area (Å²) in [5, 5.41) is 10.6. The smallest absolute Gasteiger partial charge is 0.462 e. The number of aliphatic hydroxyl groups is 1. The lowest BCUT2D eigenvalue weighted by molar-refractivity contribution is -0.161. The summed E-state index contributed by atoms with van der Waals surface area (Å²) in [6, 6.07) is 0. The molecule has 3 N–H and O–H groups in total. The van der Waals surface area contributed by atoms with Crippen molar-refractivity contribution in [2.45, 2.75) is 420 Å². The highest BCUT2D eigenvalue weighted by molar-refractivity contribution is 7.47. The van der Waals surface area contributed by atoms with Crippen molar-refractivity contribution in [2.24, 2.45) is 17.8 Å². The number of aliphatic hydroxyl groups excluding tert-OH is 1. The summed E-state index contributed by atoms with van der Waals surface area (Å²) in [7, 11) is -9.92. The van der Waals surface area contributed by atoms with Gasteiger partial charge in [-0.25, -0.2) is 9.13 Å². The Kier molecular flexibility index (Phi) is 67.1. The first-order chi connectivity index (χ1) is 46.7. The molecule has 0 saturated heterocycles. The Morgan fingerprint density at radius 3 is 0.701 bits per heavy atom. The van der Waals surface area contributed by atoms with Crippen molar-refractivity contribution in [3.8, 4) is 0 Å². The number of ether oxygens (including phenoxy) is 4. The van der Waals surface area contributed by atoms with Gasteiger partial charge in [-0.15, -0.1) is 0 Å². The van der Waals surface area contributed by atoms with Crippen LogP contribution >= 0.6 is 15.6 Å². The van der Waals surface area contributed by atoms with Crippen LogP contribution < -0.4 is 0 Å². The highest BCUT2D eigenvalue weighted by Crippen LogP contribution is 2.45. The molecule has 0 aromatic heterocycles. The molecule has 0 aromatic carbocycles. The van der Waals surface area contributed by atoms with Crippen LogP contribution in [0.2, 0.25) is 0 Å². The molecule has 19 heteroatoms. The number of phosphoric acid groups is 2. The summed E-state index contributed by atoms with van der Waals surface area (Å²) in [5.74, 6) is 0.216. The van der Waals surface area contributed by atoms with Gasteiger partial charge in [0.2, 0.25) is 0 Å². The first-order valence-corrected chi connectivity index (χ1v) is 43.3. The molecule has 0 aliphatic rings. The summed E-state index contributed by atoms with van der Waals surface area (Å²) in [4.78, 5) is 72.9. The summed E-state index contributed by atoms with van der Waals surface area (Å²) >= 11 is 0. The van der Waals surface area contributed by atoms with E-state index in [1.165, 1.54) is 212 Å². The molecule has 97 heavy (non-hydrogen) atoms. The Morgan fingerprint density at radius 2 is 0.474 bits per heavy atom. The van der Waals surface area contributed by atoms with Gasteiger partial charge in [0.15, 0.2) is 12.2 Å². The topological polar surface area (TPSA) is 237 Å². The van der Waals surface area contributed by atoms with Crippen LogP contribution in [0.15, 0.2) is 0 Å². The molecule has 0 saturated carbocycles. The maximum absolute atomic E-state index is 13.1. The quantitative estimate of drug-likeness (QED) is 0.0222. The highest BCUT2D eigenvalue weighted by Gasteiger charge is 2.30. The lowest BCUT2D eigenvalue weighted by Gasteiger charge is -2.21. The lowest BCUT2D eigenvalue weighted by atomic mass is 10.0. The van der Waals surface area contributed by atoms with Crippen molar-refractivity contribution in [1.29, 1.82) is 0 Å². The molecule has 0 aliphatic heterocycles.